The van der Waals surface area contributed by atoms with E-state index in [1.165, 1.54) is 6.92 Å². The Balaban J connectivity index is 3.92. The van der Waals surface area contributed by atoms with Gasteiger partial charge in [-0.2, -0.15) is 8.78 Å². The summed E-state index contributed by atoms with van der Waals surface area (Å²) in [6, 6.07) is -1.04. The van der Waals surface area contributed by atoms with Crippen LogP contribution in [-0.4, -0.2) is 31.0 Å². The molecule has 0 saturated carbocycles. The van der Waals surface area contributed by atoms with Gasteiger partial charge in [0.1, 0.15) is 6.04 Å². The molecule has 1 atom stereocenters. The van der Waals surface area contributed by atoms with Crippen molar-refractivity contribution in [1.29, 1.82) is 0 Å². The van der Waals surface area contributed by atoms with Crippen molar-refractivity contribution in [2.75, 3.05) is 6.61 Å². The van der Waals surface area contributed by atoms with Gasteiger partial charge in [0.2, 0.25) is 0 Å². The predicted molar refractivity (Wildman–Crippen MR) is 40.2 cm³/mol. The van der Waals surface area contributed by atoms with Gasteiger partial charge in [-0.05, 0) is 13.8 Å². The Morgan fingerprint density at radius 3 is 2.38 bits per heavy atom. The number of alkyl halides is 2. The molecule has 0 aromatic heterocycles. The molecule has 0 spiro atoms. The van der Waals surface area contributed by atoms with Gasteiger partial charge in [-0.1, -0.05) is 0 Å². The van der Waals surface area contributed by atoms with Crippen LogP contribution < -0.4 is 5.32 Å². The minimum atomic E-state index is -3.11. The SMILES string of the molecule is CCOC(=O)C(C)NC(=O)C(F)F. The summed E-state index contributed by atoms with van der Waals surface area (Å²) < 4.78 is 27.8. The lowest BCUT2D eigenvalue weighted by molar-refractivity contribution is -0.148. The highest BCUT2D eigenvalue weighted by molar-refractivity contribution is 5.85. The molecule has 6 heteroatoms. The predicted octanol–water partition coefficient (Wildman–Crippen LogP) is 0.319. The van der Waals surface area contributed by atoms with Gasteiger partial charge in [0, 0.05) is 0 Å². The second-order valence-corrected chi connectivity index (χ2v) is 2.28. The number of carbonyl (C=O) groups excluding carboxylic acids is 2. The Labute approximate surface area is 74.2 Å². The number of rotatable bonds is 4. The first-order chi connectivity index (χ1) is 5.99. The van der Waals surface area contributed by atoms with Crippen LogP contribution in [-0.2, 0) is 14.3 Å². The van der Waals surface area contributed by atoms with Crippen molar-refractivity contribution in [3.05, 3.63) is 0 Å². The first-order valence-corrected chi connectivity index (χ1v) is 3.74. The Morgan fingerprint density at radius 1 is 1.46 bits per heavy atom. The van der Waals surface area contributed by atoms with Crippen molar-refractivity contribution in [2.24, 2.45) is 0 Å². The number of ether oxygens (including phenoxy) is 1. The lowest BCUT2D eigenvalue weighted by atomic mass is 10.3. The smallest absolute Gasteiger partial charge is 0.328 e. The molecule has 0 aliphatic carbocycles. The van der Waals surface area contributed by atoms with E-state index >= 15 is 0 Å². The fourth-order valence-electron chi connectivity index (χ4n) is 0.603. The topological polar surface area (TPSA) is 55.4 Å². The number of amides is 1. The number of carbonyl (C=O) groups is 2. The first kappa shape index (κ1) is 11.8. The van der Waals surface area contributed by atoms with Crippen LogP contribution in [0.1, 0.15) is 13.8 Å². The van der Waals surface area contributed by atoms with Crippen molar-refractivity contribution in [1.82, 2.24) is 5.32 Å². The van der Waals surface area contributed by atoms with Gasteiger partial charge in [0.15, 0.2) is 0 Å². The zero-order valence-corrected chi connectivity index (χ0v) is 7.34. The zero-order valence-electron chi connectivity index (χ0n) is 7.34. The normalized spacial score (nSPS) is 12.4. The maximum absolute atomic E-state index is 11.7. The van der Waals surface area contributed by atoms with E-state index in [1.807, 2.05) is 0 Å². The summed E-state index contributed by atoms with van der Waals surface area (Å²) in [6.07, 6.45) is -3.11. The van der Waals surface area contributed by atoms with Gasteiger partial charge in [-0.3, -0.25) is 4.79 Å². The standard InChI is InChI=1S/C7H11F2NO3/c1-3-13-7(12)4(2)10-6(11)5(8)9/h4-5H,3H2,1-2H3,(H,10,11). The van der Waals surface area contributed by atoms with Crippen molar-refractivity contribution < 1.29 is 23.1 Å². The van der Waals surface area contributed by atoms with E-state index in [9.17, 15) is 18.4 Å². The molecule has 0 radical (unpaired) electrons. The molecule has 0 heterocycles. The molecule has 4 nitrogen and oxygen atoms in total. The number of hydrogen-bond acceptors (Lipinski definition) is 3. The molecular weight excluding hydrogens is 184 g/mol. The molecule has 13 heavy (non-hydrogen) atoms. The highest BCUT2D eigenvalue weighted by atomic mass is 19.3. The maximum Gasteiger partial charge on any atom is 0.328 e. The Kier molecular flexibility index (Phi) is 4.94. The fourth-order valence-corrected chi connectivity index (χ4v) is 0.603. The number of nitrogens with one attached hydrogen (secondary N) is 1. The van der Waals surface area contributed by atoms with Gasteiger partial charge in [-0.15, -0.1) is 0 Å². The second kappa shape index (κ2) is 5.45. The number of halogens is 2. The molecule has 1 N–H and O–H groups in total. The highest BCUT2D eigenvalue weighted by Crippen LogP contribution is 1.94. The van der Waals surface area contributed by atoms with Crippen molar-refractivity contribution >= 4 is 11.9 Å². The lowest BCUT2D eigenvalue weighted by Gasteiger charge is -2.11. The van der Waals surface area contributed by atoms with E-state index in [-0.39, 0.29) is 6.61 Å². The second-order valence-electron chi connectivity index (χ2n) is 2.28. The highest BCUT2D eigenvalue weighted by Gasteiger charge is 2.21. The van der Waals surface area contributed by atoms with Gasteiger partial charge >= 0.3 is 12.4 Å². The molecule has 0 saturated heterocycles. The van der Waals surface area contributed by atoms with Crippen LogP contribution in [0.2, 0.25) is 0 Å². The Bertz CT molecular complexity index is 196. The fraction of sp³-hybridized carbons (Fsp3) is 0.714. The molecule has 0 fully saturated rings. The summed E-state index contributed by atoms with van der Waals surface area (Å²) in [5.74, 6) is -2.20. The minimum absolute atomic E-state index is 0.147. The molecule has 0 bridgehead atoms. The zero-order chi connectivity index (χ0) is 10.4. The van der Waals surface area contributed by atoms with E-state index in [2.05, 4.69) is 4.74 Å². The molecule has 0 rings (SSSR count). The largest absolute Gasteiger partial charge is 0.464 e. The summed E-state index contributed by atoms with van der Waals surface area (Å²) in [5.41, 5.74) is 0. The van der Waals surface area contributed by atoms with Crippen LogP contribution in [0.5, 0.6) is 0 Å². The first-order valence-electron chi connectivity index (χ1n) is 3.74. The van der Waals surface area contributed by atoms with Crippen molar-refractivity contribution in [2.45, 2.75) is 26.3 Å². The lowest BCUT2D eigenvalue weighted by Crippen LogP contribution is -2.42. The van der Waals surface area contributed by atoms with Gasteiger partial charge in [-0.25, -0.2) is 4.79 Å². The van der Waals surface area contributed by atoms with E-state index in [4.69, 9.17) is 0 Å². The summed E-state index contributed by atoms with van der Waals surface area (Å²) in [5, 5.41) is 1.80. The summed E-state index contributed by atoms with van der Waals surface area (Å²) in [6.45, 7) is 3.01. The quantitative estimate of drug-likeness (QED) is 0.657. The van der Waals surface area contributed by atoms with E-state index < -0.39 is 24.3 Å². The molecule has 76 valence electrons. The van der Waals surface area contributed by atoms with Crippen molar-refractivity contribution in [3.8, 4) is 0 Å². The Morgan fingerprint density at radius 2 is 2.00 bits per heavy atom. The summed E-state index contributed by atoms with van der Waals surface area (Å²) >= 11 is 0. The molecule has 1 unspecified atom stereocenters. The van der Waals surface area contributed by atoms with Crippen LogP contribution in [0, 0.1) is 0 Å². The van der Waals surface area contributed by atoms with Crippen LogP contribution in [0.15, 0.2) is 0 Å². The average Bonchev–Trinajstić information content (AvgIpc) is 2.04. The minimum Gasteiger partial charge on any atom is -0.464 e. The number of hydrogen-bond donors (Lipinski definition) is 1. The van der Waals surface area contributed by atoms with E-state index in [0.717, 1.165) is 0 Å². The molecule has 0 aromatic carbocycles. The monoisotopic (exact) mass is 195 g/mol. The van der Waals surface area contributed by atoms with Crippen LogP contribution in [0.25, 0.3) is 0 Å². The third kappa shape index (κ3) is 4.39. The third-order valence-electron chi connectivity index (χ3n) is 1.20. The average molecular weight is 195 g/mol. The third-order valence-corrected chi connectivity index (χ3v) is 1.20. The van der Waals surface area contributed by atoms with Gasteiger partial charge in [0.25, 0.3) is 5.91 Å². The van der Waals surface area contributed by atoms with Crippen molar-refractivity contribution in [3.63, 3.8) is 0 Å². The van der Waals surface area contributed by atoms with Crippen LogP contribution >= 0.6 is 0 Å². The molecular formula is C7H11F2NO3. The summed E-state index contributed by atoms with van der Waals surface area (Å²) in [7, 11) is 0. The van der Waals surface area contributed by atoms with Crippen LogP contribution in [0.4, 0.5) is 8.78 Å². The molecule has 0 aliphatic rings. The molecule has 1 amide bonds. The van der Waals surface area contributed by atoms with Gasteiger partial charge < -0.3 is 10.1 Å². The Hall–Kier alpha value is -1.20. The van der Waals surface area contributed by atoms with E-state index in [0.29, 0.717) is 0 Å². The van der Waals surface area contributed by atoms with Gasteiger partial charge in [0.05, 0.1) is 6.61 Å². The molecule has 0 aromatic rings. The van der Waals surface area contributed by atoms with Crippen LogP contribution in [0.3, 0.4) is 0 Å². The molecule has 0 aliphatic heterocycles. The number of esters is 1. The van der Waals surface area contributed by atoms with E-state index in [1.54, 1.807) is 12.2 Å². The maximum atomic E-state index is 11.7. The summed E-state index contributed by atoms with van der Waals surface area (Å²) in [4.78, 5) is 21.2.